The summed E-state index contributed by atoms with van der Waals surface area (Å²) in [5.74, 6) is 0. The van der Waals surface area contributed by atoms with Gasteiger partial charge in [-0.3, -0.25) is 0 Å². The Morgan fingerprint density at radius 1 is 1.15 bits per heavy atom. The van der Waals surface area contributed by atoms with Crippen LogP contribution in [0.1, 0.15) is 31.4 Å². The predicted octanol–water partition coefficient (Wildman–Crippen LogP) is 4.09. The van der Waals surface area contributed by atoms with Crippen LogP contribution in [0.15, 0.2) is 18.2 Å². The summed E-state index contributed by atoms with van der Waals surface area (Å²) in [5, 5.41) is 4.69. The fourth-order valence-corrected chi connectivity index (χ4v) is 2.19. The molecule has 1 N–H and O–H groups in total. The number of halogens is 2. The molecule has 5 heteroatoms. The molecule has 114 valence electrons. The zero-order valence-electron chi connectivity index (χ0n) is 12.1. The van der Waals surface area contributed by atoms with E-state index in [1.165, 1.54) is 0 Å². The first-order valence-electron chi connectivity index (χ1n) is 6.94. The second-order valence-corrected chi connectivity index (χ2v) is 5.39. The molecule has 0 aromatic heterocycles. The van der Waals surface area contributed by atoms with Crippen molar-refractivity contribution in [1.29, 1.82) is 0 Å². The molecule has 0 saturated carbocycles. The summed E-state index contributed by atoms with van der Waals surface area (Å²) in [6.07, 6.45) is 1.98. The average Bonchev–Trinajstić information content (AvgIpc) is 2.45. The number of methoxy groups -OCH3 is 1. The van der Waals surface area contributed by atoms with Gasteiger partial charge in [-0.15, -0.1) is 0 Å². The molecule has 0 heterocycles. The van der Waals surface area contributed by atoms with Crippen molar-refractivity contribution in [2.24, 2.45) is 0 Å². The van der Waals surface area contributed by atoms with E-state index in [1.54, 1.807) is 7.11 Å². The number of nitrogens with one attached hydrogen (secondary N) is 1. The second-order valence-electron chi connectivity index (χ2n) is 4.57. The van der Waals surface area contributed by atoms with E-state index in [9.17, 15) is 0 Å². The van der Waals surface area contributed by atoms with Crippen LogP contribution in [0, 0.1) is 0 Å². The zero-order chi connectivity index (χ0) is 14.8. The van der Waals surface area contributed by atoms with Gasteiger partial charge in [0.25, 0.3) is 0 Å². The predicted molar refractivity (Wildman–Crippen MR) is 84.8 cm³/mol. The summed E-state index contributed by atoms with van der Waals surface area (Å²) in [7, 11) is 1.67. The lowest BCUT2D eigenvalue weighted by Crippen LogP contribution is -2.23. The van der Waals surface area contributed by atoms with Gasteiger partial charge < -0.3 is 14.8 Å². The SMILES string of the molecule is CCCNC(CCOCCOC)c1ccc(Cl)c(Cl)c1. The molecular weight excluding hydrogens is 297 g/mol. The molecule has 1 rings (SSSR count). The number of benzene rings is 1. The molecule has 0 spiro atoms. The topological polar surface area (TPSA) is 30.5 Å². The highest BCUT2D eigenvalue weighted by Gasteiger charge is 2.12. The average molecular weight is 320 g/mol. The molecule has 0 aliphatic carbocycles. The lowest BCUT2D eigenvalue weighted by atomic mass is 10.0. The van der Waals surface area contributed by atoms with Crippen LogP contribution in [0.4, 0.5) is 0 Å². The molecule has 0 amide bonds. The number of hydrogen-bond acceptors (Lipinski definition) is 3. The zero-order valence-corrected chi connectivity index (χ0v) is 13.6. The van der Waals surface area contributed by atoms with Gasteiger partial charge in [0.15, 0.2) is 0 Å². The van der Waals surface area contributed by atoms with Gasteiger partial charge in [-0.25, -0.2) is 0 Å². The van der Waals surface area contributed by atoms with Crippen LogP contribution in [0.5, 0.6) is 0 Å². The maximum Gasteiger partial charge on any atom is 0.0700 e. The van der Waals surface area contributed by atoms with Crippen LogP contribution in [-0.2, 0) is 9.47 Å². The minimum Gasteiger partial charge on any atom is -0.382 e. The molecule has 0 bridgehead atoms. The van der Waals surface area contributed by atoms with E-state index in [0.717, 1.165) is 24.9 Å². The summed E-state index contributed by atoms with van der Waals surface area (Å²) in [6, 6.07) is 6.00. The van der Waals surface area contributed by atoms with Crippen LogP contribution in [0.3, 0.4) is 0 Å². The first-order chi connectivity index (χ1) is 9.69. The Bertz CT molecular complexity index is 388. The van der Waals surface area contributed by atoms with Crippen molar-refractivity contribution < 1.29 is 9.47 Å². The van der Waals surface area contributed by atoms with Crippen molar-refractivity contribution in [3.05, 3.63) is 33.8 Å². The Morgan fingerprint density at radius 2 is 1.95 bits per heavy atom. The molecule has 1 aromatic rings. The fourth-order valence-electron chi connectivity index (χ4n) is 1.88. The van der Waals surface area contributed by atoms with Gasteiger partial charge >= 0.3 is 0 Å². The maximum absolute atomic E-state index is 6.09. The third-order valence-electron chi connectivity index (χ3n) is 2.97. The van der Waals surface area contributed by atoms with Gasteiger partial charge in [0, 0.05) is 19.8 Å². The van der Waals surface area contributed by atoms with Crippen molar-refractivity contribution in [2.75, 3.05) is 33.5 Å². The second kappa shape index (κ2) is 10.4. The summed E-state index contributed by atoms with van der Waals surface area (Å²) in [5.41, 5.74) is 1.14. The fraction of sp³-hybridized carbons (Fsp3) is 0.600. The molecular formula is C15H23Cl2NO2. The Labute approximate surface area is 131 Å². The van der Waals surface area contributed by atoms with Crippen molar-refractivity contribution in [1.82, 2.24) is 5.32 Å². The summed E-state index contributed by atoms with van der Waals surface area (Å²) < 4.78 is 10.5. The van der Waals surface area contributed by atoms with Crippen LogP contribution in [0.25, 0.3) is 0 Å². The van der Waals surface area contributed by atoms with Gasteiger partial charge in [-0.05, 0) is 37.1 Å². The highest BCUT2D eigenvalue weighted by atomic mass is 35.5. The van der Waals surface area contributed by atoms with Crippen molar-refractivity contribution in [3.8, 4) is 0 Å². The molecule has 20 heavy (non-hydrogen) atoms. The molecule has 0 radical (unpaired) electrons. The van der Waals surface area contributed by atoms with Crippen LogP contribution in [0.2, 0.25) is 10.0 Å². The minimum atomic E-state index is 0.229. The first-order valence-corrected chi connectivity index (χ1v) is 7.69. The molecule has 0 fully saturated rings. The summed E-state index contributed by atoms with van der Waals surface area (Å²) >= 11 is 12.0. The highest BCUT2D eigenvalue weighted by molar-refractivity contribution is 6.42. The first kappa shape index (κ1) is 17.7. The highest BCUT2D eigenvalue weighted by Crippen LogP contribution is 2.27. The van der Waals surface area contributed by atoms with Crippen LogP contribution >= 0.6 is 23.2 Å². The largest absolute Gasteiger partial charge is 0.382 e. The van der Waals surface area contributed by atoms with Gasteiger partial charge in [0.2, 0.25) is 0 Å². The quantitative estimate of drug-likeness (QED) is 0.659. The number of hydrogen-bond donors (Lipinski definition) is 1. The molecule has 1 atom stereocenters. The van der Waals surface area contributed by atoms with E-state index in [1.807, 2.05) is 18.2 Å². The van der Waals surface area contributed by atoms with Gasteiger partial charge in [-0.1, -0.05) is 36.2 Å². The normalized spacial score (nSPS) is 12.6. The van der Waals surface area contributed by atoms with E-state index in [4.69, 9.17) is 32.7 Å². The van der Waals surface area contributed by atoms with E-state index < -0.39 is 0 Å². The minimum absolute atomic E-state index is 0.229. The number of rotatable bonds is 10. The third-order valence-corrected chi connectivity index (χ3v) is 3.71. The molecule has 0 aliphatic heterocycles. The van der Waals surface area contributed by atoms with Gasteiger partial charge in [0.05, 0.1) is 23.3 Å². The molecule has 3 nitrogen and oxygen atoms in total. The monoisotopic (exact) mass is 319 g/mol. The van der Waals surface area contributed by atoms with E-state index >= 15 is 0 Å². The third kappa shape index (κ3) is 6.42. The standard InChI is InChI=1S/C15H23Cl2NO2/c1-3-7-18-15(6-8-20-10-9-19-2)12-4-5-13(16)14(17)11-12/h4-5,11,15,18H,3,6-10H2,1-2H3. The Balaban J connectivity index is 2.55. The molecule has 1 aromatic carbocycles. The van der Waals surface area contributed by atoms with Gasteiger partial charge in [-0.2, -0.15) is 0 Å². The van der Waals surface area contributed by atoms with Crippen molar-refractivity contribution in [2.45, 2.75) is 25.8 Å². The summed E-state index contributed by atoms with van der Waals surface area (Å²) in [4.78, 5) is 0. The number of ether oxygens (including phenoxy) is 2. The van der Waals surface area contributed by atoms with E-state index in [0.29, 0.717) is 29.9 Å². The van der Waals surface area contributed by atoms with E-state index in [-0.39, 0.29) is 6.04 Å². The van der Waals surface area contributed by atoms with E-state index in [2.05, 4.69) is 12.2 Å². The van der Waals surface area contributed by atoms with Gasteiger partial charge in [0.1, 0.15) is 0 Å². The smallest absolute Gasteiger partial charge is 0.0700 e. The molecule has 0 saturated heterocycles. The van der Waals surface area contributed by atoms with Crippen LogP contribution < -0.4 is 5.32 Å². The van der Waals surface area contributed by atoms with Crippen molar-refractivity contribution in [3.63, 3.8) is 0 Å². The Morgan fingerprint density at radius 3 is 2.60 bits per heavy atom. The summed E-state index contributed by atoms with van der Waals surface area (Å²) in [6.45, 7) is 5.04. The van der Waals surface area contributed by atoms with Crippen LogP contribution in [-0.4, -0.2) is 33.5 Å². The Hall–Kier alpha value is -0.320. The molecule has 1 unspecified atom stereocenters. The maximum atomic E-state index is 6.09. The lowest BCUT2D eigenvalue weighted by molar-refractivity contribution is 0.0658. The lowest BCUT2D eigenvalue weighted by Gasteiger charge is -2.19. The van der Waals surface area contributed by atoms with Crippen molar-refractivity contribution >= 4 is 23.2 Å². The molecule has 0 aliphatic rings. The Kier molecular flexibility index (Phi) is 9.23.